The molecule has 1 amide bonds. The maximum absolute atomic E-state index is 11.9. The smallest absolute Gasteiger partial charge is 0.306 e. The molecule has 0 fully saturated rings. The van der Waals surface area contributed by atoms with Crippen molar-refractivity contribution in [1.29, 1.82) is 0 Å². The van der Waals surface area contributed by atoms with E-state index in [2.05, 4.69) is 6.92 Å². The number of nitrogens with zero attached hydrogens (tertiary/aromatic N) is 1. The number of aliphatic carboxylic acids is 1. The van der Waals surface area contributed by atoms with E-state index in [-0.39, 0.29) is 12.3 Å². The van der Waals surface area contributed by atoms with Crippen LogP contribution in [0.2, 0.25) is 0 Å². The van der Waals surface area contributed by atoms with Crippen LogP contribution in [0.4, 0.5) is 5.69 Å². The molecule has 4 heteroatoms. The quantitative estimate of drug-likeness (QED) is 0.858. The minimum absolute atomic E-state index is 0.0164. The molecule has 0 saturated carbocycles. The summed E-state index contributed by atoms with van der Waals surface area (Å²) in [6.07, 6.45) is 2.13. The van der Waals surface area contributed by atoms with Gasteiger partial charge in [-0.15, -0.1) is 0 Å². The second-order valence-corrected chi connectivity index (χ2v) is 4.81. The van der Waals surface area contributed by atoms with E-state index in [1.165, 1.54) is 10.5 Å². The Labute approximate surface area is 114 Å². The fourth-order valence-corrected chi connectivity index (χ4v) is 1.81. The summed E-state index contributed by atoms with van der Waals surface area (Å²) in [5.74, 6) is -1.78. The monoisotopic (exact) mass is 263 g/mol. The summed E-state index contributed by atoms with van der Waals surface area (Å²) < 4.78 is 0. The predicted molar refractivity (Wildman–Crippen MR) is 75.3 cm³/mol. The molecule has 0 bridgehead atoms. The maximum Gasteiger partial charge on any atom is 0.306 e. The third-order valence-electron chi connectivity index (χ3n) is 3.14. The standard InChI is InChI=1S/C15H21NO3/c1-4-5-12-6-8-13(9-7-12)16(3)14(17)10-11(2)15(18)19/h6-9,11H,4-5,10H2,1-3H3,(H,18,19). The lowest BCUT2D eigenvalue weighted by molar-refractivity contribution is -0.143. The molecule has 4 nitrogen and oxygen atoms in total. The third-order valence-corrected chi connectivity index (χ3v) is 3.14. The zero-order valence-corrected chi connectivity index (χ0v) is 11.7. The Morgan fingerprint density at radius 2 is 1.84 bits per heavy atom. The normalized spacial score (nSPS) is 11.9. The number of carboxylic acid groups (broad SMARTS) is 1. The van der Waals surface area contributed by atoms with Crippen LogP contribution in [0.5, 0.6) is 0 Å². The zero-order chi connectivity index (χ0) is 14.4. The number of hydrogen-bond acceptors (Lipinski definition) is 2. The van der Waals surface area contributed by atoms with Gasteiger partial charge >= 0.3 is 5.97 Å². The number of carbonyl (C=O) groups is 2. The van der Waals surface area contributed by atoms with Crippen LogP contribution in [0.15, 0.2) is 24.3 Å². The van der Waals surface area contributed by atoms with E-state index < -0.39 is 11.9 Å². The Balaban J connectivity index is 2.68. The predicted octanol–water partition coefficient (Wildman–Crippen LogP) is 2.71. The molecule has 1 atom stereocenters. The van der Waals surface area contributed by atoms with Crippen LogP contribution < -0.4 is 4.90 Å². The lowest BCUT2D eigenvalue weighted by atomic mass is 10.1. The first-order chi connectivity index (χ1) is 8.95. The summed E-state index contributed by atoms with van der Waals surface area (Å²) in [7, 11) is 1.67. The molecular formula is C15H21NO3. The van der Waals surface area contributed by atoms with Gasteiger partial charge in [0.2, 0.25) is 5.91 Å². The lowest BCUT2D eigenvalue weighted by Crippen LogP contribution is -2.29. The van der Waals surface area contributed by atoms with Gasteiger partial charge in [-0.1, -0.05) is 32.4 Å². The molecule has 1 aromatic rings. The Morgan fingerprint density at radius 1 is 1.26 bits per heavy atom. The van der Waals surface area contributed by atoms with Crippen LogP contribution in [0, 0.1) is 5.92 Å². The second kappa shape index (κ2) is 6.92. The summed E-state index contributed by atoms with van der Waals surface area (Å²) >= 11 is 0. The summed E-state index contributed by atoms with van der Waals surface area (Å²) in [4.78, 5) is 24.2. The fraction of sp³-hybridized carbons (Fsp3) is 0.467. The lowest BCUT2D eigenvalue weighted by Gasteiger charge is -2.18. The van der Waals surface area contributed by atoms with Crippen molar-refractivity contribution < 1.29 is 14.7 Å². The molecule has 0 spiro atoms. The minimum atomic E-state index is -0.944. The number of rotatable bonds is 6. The highest BCUT2D eigenvalue weighted by atomic mass is 16.4. The van der Waals surface area contributed by atoms with Gasteiger partial charge in [0, 0.05) is 19.2 Å². The molecular weight excluding hydrogens is 242 g/mol. The van der Waals surface area contributed by atoms with Gasteiger partial charge in [0.15, 0.2) is 0 Å². The SMILES string of the molecule is CCCc1ccc(N(C)C(=O)CC(C)C(=O)O)cc1. The van der Waals surface area contributed by atoms with Crippen LogP contribution in [-0.2, 0) is 16.0 Å². The largest absolute Gasteiger partial charge is 0.481 e. The van der Waals surface area contributed by atoms with E-state index in [4.69, 9.17) is 5.11 Å². The molecule has 0 saturated heterocycles. The van der Waals surface area contributed by atoms with Gasteiger partial charge in [-0.2, -0.15) is 0 Å². The van der Waals surface area contributed by atoms with Gasteiger partial charge in [-0.3, -0.25) is 9.59 Å². The number of anilines is 1. The van der Waals surface area contributed by atoms with Gasteiger partial charge in [-0.05, 0) is 24.1 Å². The third kappa shape index (κ3) is 4.39. The maximum atomic E-state index is 11.9. The van der Waals surface area contributed by atoms with Gasteiger partial charge in [0.05, 0.1) is 5.92 Å². The number of aryl methyl sites for hydroxylation is 1. The average Bonchev–Trinajstić information content (AvgIpc) is 2.39. The summed E-state index contributed by atoms with van der Waals surface area (Å²) in [5.41, 5.74) is 2.04. The molecule has 0 heterocycles. The van der Waals surface area contributed by atoms with E-state index >= 15 is 0 Å². The average molecular weight is 263 g/mol. The summed E-state index contributed by atoms with van der Waals surface area (Å²) in [5, 5.41) is 8.81. The van der Waals surface area contributed by atoms with Crippen LogP contribution in [-0.4, -0.2) is 24.0 Å². The Kier molecular flexibility index (Phi) is 5.55. The second-order valence-electron chi connectivity index (χ2n) is 4.81. The van der Waals surface area contributed by atoms with Crippen LogP contribution in [0.3, 0.4) is 0 Å². The fourth-order valence-electron chi connectivity index (χ4n) is 1.81. The van der Waals surface area contributed by atoms with Crippen LogP contribution in [0.1, 0.15) is 32.3 Å². The number of hydrogen-bond donors (Lipinski definition) is 1. The van der Waals surface area contributed by atoms with E-state index in [0.29, 0.717) is 0 Å². The molecule has 19 heavy (non-hydrogen) atoms. The Hall–Kier alpha value is -1.84. The van der Waals surface area contributed by atoms with Crippen LogP contribution >= 0.6 is 0 Å². The summed E-state index contributed by atoms with van der Waals surface area (Å²) in [6, 6.07) is 7.80. The van der Waals surface area contributed by atoms with Crippen molar-refractivity contribution in [3.63, 3.8) is 0 Å². The molecule has 1 rings (SSSR count). The molecule has 1 unspecified atom stereocenters. The van der Waals surface area contributed by atoms with E-state index in [1.54, 1.807) is 14.0 Å². The van der Waals surface area contributed by atoms with Crippen molar-refractivity contribution in [1.82, 2.24) is 0 Å². The highest BCUT2D eigenvalue weighted by Crippen LogP contribution is 2.17. The van der Waals surface area contributed by atoms with Crippen molar-refractivity contribution in [3.05, 3.63) is 29.8 Å². The Bertz CT molecular complexity index is 439. The van der Waals surface area contributed by atoms with Gasteiger partial charge < -0.3 is 10.0 Å². The number of carboxylic acids is 1. The molecule has 0 aliphatic heterocycles. The molecule has 0 aliphatic rings. The van der Waals surface area contributed by atoms with Crippen molar-refractivity contribution in [2.45, 2.75) is 33.1 Å². The van der Waals surface area contributed by atoms with Crippen molar-refractivity contribution in [3.8, 4) is 0 Å². The first-order valence-electron chi connectivity index (χ1n) is 6.54. The highest BCUT2D eigenvalue weighted by Gasteiger charge is 2.19. The van der Waals surface area contributed by atoms with Crippen molar-refractivity contribution in [2.75, 3.05) is 11.9 Å². The van der Waals surface area contributed by atoms with E-state index in [9.17, 15) is 9.59 Å². The van der Waals surface area contributed by atoms with E-state index in [0.717, 1.165) is 18.5 Å². The highest BCUT2D eigenvalue weighted by molar-refractivity contribution is 5.94. The first-order valence-corrected chi connectivity index (χ1v) is 6.54. The molecule has 0 aromatic heterocycles. The molecule has 1 aromatic carbocycles. The number of benzene rings is 1. The van der Waals surface area contributed by atoms with Crippen molar-refractivity contribution in [2.24, 2.45) is 5.92 Å². The minimum Gasteiger partial charge on any atom is -0.481 e. The first kappa shape index (κ1) is 15.2. The van der Waals surface area contributed by atoms with Gasteiger partial charge in [0.25, 0.3) is 0 Å². The molecule has 1 N–H and O–H groups in total. The van der Waals surface area contributed by atoms with Gasteiger partial charge in [0.1, 0.15) is 0 Å². The zero-order valence-electron chi connectivity index (χ0n) is 11.7. The molecule has 0 aliphatic carbocycles. The van der Waals surface area contributed by atoms with E-state index in [1.807, 2.05) is 24.3 Å². The number of carbonyl (C=O) groups excluding carboxylic acids is 1. The topological polar surface area (TPSA) is 57.6 Å². The summed E-state index contributed by atoms with van der Waals surface area (Å²) in [6.45, 7) is 3.66. The number of amides is 1. The molecule has 0 radical (unpaired) electrons. The Morgan fingerprint density at radius 3 is 2.32 bits per heavy atom. The molecule has 104 valence electrons. The van der Waals surface area contributed by atoms with Crippen molar-refractivity contribution >= 4 is 17.6 Å². The van der Waals surface area contributed by atoms with Crippen LogP contribution in [0.25, 0.3) is 0 Å². The van der Waals surface area contributed by atoms with Gasteiger partial charge in [-0.25, -0.2) is 0 Å².